The van der Waals surface area contributed by atoms with Gasteiger partial charge in [-0.05, 0) is 23.8 Å². The second-order valence-corrected chi connectivity index (χ2v) is 4.28. The maximum Gasteiger partial charge on any atom is 0.252 e. The Balaban J connectivity index is 2.16. The molecule has 0 aliphatic heterocycles. The largest absolute Gasteiger partial charge is 0.380 e. The standard InChI is InChI=1S/C13H11ClFN3O/c14-12-5-11(10(7-18-12)13(16)19)17-6-8-1-3-9(15)4-2-8/h1-5,7H,6H2,(H2,16,19)(H,17,18). The van der Waals surface area contributed by atoms with E-state index in [0.29, 0.717) is 12.2 Å². The molecule has 6 heteroatoms. The molecule has 98 valence electrons. The average molecular weight is 280 g/mol. The summed E-state index contributed by atoms with van der Waals surface area (Å²) >= 11 is 5.77. The van der Waals surface area contributed by atoms with Gasteiger partial charge in [0.1, 0.15) is 11.0 Å². The van der Waals surface area contributed by atoms with E-state index in [1.54, 1.807) is 12.1 Å². The molecule has 2 aromatic rings. The van der Waals surface area contributed by atoms with E-state index in [2.05, 4.69) is 10.3 Å². The topological polar surface area (TPSA) is 68.0 Å². The lowest BCUT2D eigenvalue weighted by molar-refractivity contribution is 0.100. The molecule has 0 spiro atoms. The molecule has 0 radical (unpaired) electrons. The van der Waals surface area contributed by atoms with Gasteiger partial charge in [-0.2, -0.15) is 0 Å². The number of pyridine rings is 1. The molecule has 0 atom stereocenters. The summed E-state index contributed by atoms with van der Waals surface area (Å²) in [5, 5.41) is 3.28. The van der Waals surface area contributed by atoms with Crippen LogP contribution in [0.3, 0.4) is 0 Å². The molecule has 4 nitrogen and oxygen atoms in total. The number of anilines is 1. The Kier molecular flexibility index (Phi) is 3.97. The van der Waals surface area contributed by atoms with Gasteiger partial charge in [0, 0.05) is 12.7 Å². The monoisotopic (exact) mass is 279 g/mol. The molecule has 1 heterocycles. The highest BCUT2D eigenvalue weighted by Crippen LogP contribution is 2.19. The van der Waals surface area contributed by atoms with E-state index < -0.39 is 5.91 Å². The van der Waals surface area contributed by atoms with Gasteiger partial charge in [-0.25, -0.2) is 9.37 Å². The molecule has 0 bridgehead atoms. The molecule has 0 fully saturated rings. The molecule has 3 N–H and O–H groups in total. The summed E-state index contributed by atoms with van der Waals surface area (Å²) in [7, 11) is 0. The first-order valence-electron chi connectivity index (χ1n) is 5.50. The third-order valence-electron chi connectivity index (χ3n) is 2.53. The van der Waals surface area contributed by atoms with E-state index in [9.17, 15) is 9.18 Å². The predicted molar refractivity (Wildman–Crippen MR) is 71.5 cm³/mol. The number of hydrogen-bond donors (Lipinski definition) is 2. The van der Waals surface area contributed by atoms with Gasteiger partial charge in [-0.1, -0.05) is 23.7 Å². The zero-order valence-corrected chi connectivity index (χ0v) is 10.6. The molecular weight excluding hydrogens is 269 g/mol. The van der Waals surface area contributed by atoms with Crippen molar-refractivity contribution in [3.05, 3.63) is 58.6 Å². The highest BCUT2D eigenvalue weighted by atomic mass is 35.5. The number of benzene rings is 1. The molecule has 0 aliphatic rings. The number of nitrogens with zero attached hydrogens (tertiary/aromatic N) is 1. The molecule has 1 amide bonds. The van der Waals surface area contributed by atoms with Crippen LogP contribution in [0.2, 0.25) is 5.15 Å². The first kappa shape index (κ1) is 13.3. The number of nitrogens with one attached hydrogen (secondary N) is 1. The fraction of sp³-hybridized carbons (Fsp3) is 0.0769. The maximum absolute atomic E-state index is 12.8. The fourth-order valence-corrected chi connectivity index (χ4v) is 1.73. The molecule has 0 saturated carbocycles. The highest BCUT2D eigenvalue weighted by molar-refractivity contribution is 6.29. The zero-order valence-electron chi connectivity index (χ0n) is 9.86. The molecule has 2 rings (SSSR count). The second-order valence-electron chi connectivity index (χ2n) is 3.90. The minimum Gasteiger partial charge on any atom is -0.380 e. The molecule has 0 unspecified atom stereocenters. The van der Waals surface area contributed by atoms with E-state index in [-0.39, 0.29) is 16.5 Å². The van der Waals surface area contributed by atoms with Crippen LogP contribution in [-0.4, -0.2) is 10.9 Å². The van der Waals surface area contributed by atoms with Crippen molar-refractivity contribution in [1.29, 1.82) is 0 Å². The van der Waals surface area contributed by atoms with E-state index in [1.165, 1.54) is 24.4 Å². The summed E-state index contributed by atoms with van der Waals surface area (Å²) < 4.78 is 12.8. The van der Waals surface area contributed by atoms with Gasteiger partial charge in [0.2, 0.25) is 0 Å². The van der Waals surface area contributed by atoms with Crippen molar-refractivity contribution >= 4 is 23.2 Å². The van der Waals surface area contributed by atoms with Crippen molar-refractivity contribution in [2.45, 2.75) is 6.54 Å². The minimum absolute atomic E-state index is 0.256. The number of carbonyl (C=O) groups is 1. The maximum atomic E-state index is 12.8. The number of hydrogen-bond acceptors (Lipinski definition) is 3. The third-order valence-corrected chi connectivity index (χ3v) is 2.74. The lowest BCUT2D eigenvalue weighted by Gasteiger charge is -2.10. The second kappa shape index (κ2) is 5.67. The fourth-order valence-electron chi connectivity index (χ4n) is 1.57. The lowest BCUT2D eigenvalue weighted by Crippen LogP contribution is -2.15. The average Bonchev–Trinajstić information content (AvgIpc) is 2.38. The van der Waals surface area contributed by atoms with E-state index >= 15 is 0 Å². The van der Waals surface area contributed by atoms with Crippen molar-refractivity contribution < 1.29 is 9.18 Å². The number of primary amides is 1. The Bertz CT molecular complexity index is 601. The molecule has 1 aromatic carbocycles. The van der Waals surface area contributed by atoms with Crippen molar-refractivity contribution in [3.63, 3.8) is 0 Å². The lowest BCUT2D eigenvalue weighted by atomic mass is 10.2. The van der Waals surface area contributed by atoms with Crippen LogP contribution in [0.5, 0.6) is 0 Å². The van der Waals surface area contributed by atoms with Gasteiger partial charge in [0.25, 0.3) is 5.91 Å². The molecule has 0 aliphatic carbocycles. The van der Waals surface area contributed by atoms with Crippen LogP contribution in [0, 0.1) is 5.82 Å². The number of carbonyl (C=O) groups excluding carboxylic acids is 1. The Labute approximate surface area is 114 Å². The summed E-state index contributed by atoms with van der Waals surface area (Å²) in [6.45, 7) is 0.418. The molecule has 1 aromatic heterocycles. The first-order valence-corrected chi connectivity index (χ1v) is 5.88. The predicted octanol–water partition coefficient (Wildman–Crippen LogP) is 2.59. The van der Waals surface area contributed by atoms with Gasteiger partial charge in [0.05, 0.1) is 11.3 Å². The van der Waals surface area contributed by atoms with Crippen LogP contribution in [0.15, 0.2) is 36.5 Å². The van der Waals surface area contributed by atoms with Crippen molar-refractivity contribution in [2.24, 2.45) is 5.73 Å². The Morgan fingerprint density at radius 2 is 2.05 bits per heavy atom. The van der Waals surface area contributed by atoms with Gasteiger partial charge in [-0.3, -0.25) is 4.79 Å². The van der Waals surface area contributed by atoms with Gasteiger partial charge in [0.15, 0.2) is 0 Å². The van der Waals surface area contributed by atoms with Crippen LogP contribution in [-0.2, 0) is 6.54 Å². The molecule has 0 saturated heterocycles. The Hall–Kier alpha value is -2.14. The summed E-state index contributed by atoms with van der Waals surface area (Å²) in [5.41, 5.74) is 6.86. The number of rotatable bonds is 4. The minimum atomic E-state index is -0.592. The zero-order chi connectivity index (χ0) is 13.8. The SMILES string of the molecule is NC(=O)c1cnc(Cl)cc1NCc1ccc(F)cc1. The van der Waals surface area contributed by atoms with Crippen LogP contribution < -0.4 is 11.1 Å². The first-order chi connectivity index (χ1) is 9.06. The van der Waals surface area contributed by atoms with Crippen LogP contribution >= 0.6 is 11.6 Å². The normalized spacial score (nSPS) is 10.2. The van der Waals surface area contributed by atoms with E-state index in [1.807, 2.05) is 0 Å². The summed E-state index contributed by atoms with van der Waals surface area (Å²) in [4.78, 5) is 15.0. The van der Waals surface area contributed by atoms with E-state index in [4.69, 9.17) is 17.3 Å². The summed E-state index contributed by atoms with van der Waals surface area (Å²) in [6, 6.07) is 7.55. The third kappa shape index (κ3) is 3.42. The van der Waals surface area contributed by atoms with Gasteiger partial charge < -0.3 is 11.1 Å². The number of nitrogens with two attached hydrogens (primary N) is 1. The van der Waals surface area contributed by atoms with Crippen molar-refractivity contribution in [3.8, 4) is 0 Å². The quantitative estimate of drug-likeness (QED) is 0.845. The van der Waals surface area contributed by atoms with Crippen molar-refractivity contribution in [2.75, 3.05) is 5.32 Å². The molecule has 19 heavy (non-hydrogen) atoms. The number of aromatic nitrogens is 1. The summed E-state index contributed by atoms with van der Waals surface area (Å²) in [5.74, 6) is -0.890. The van der Waals surface area contributed by atoms with Crippen LogP contribution in [0.25, 0.3) is 0 Å². The Morgan fingerprint density at radius 3 is 2.68 bits per heavy atom. The number of amides is 1. The van der Waals surface area contributed by atoms with Gasteiger partial charge >= 0.3 is 0 Å². The van der Waals surface area contributed by atoms with E-state index in [0.717, 1.165) is 5.56 Å². The van der Waals surface area contributed by atoms with Crippen LogP contribution in [0.1, 0.15) is 15.9 Å². The van der Waals surface area contributed by atoms with Gasteiger partial charge in [-0.15, -0.1) is 0 Å². The summed E-state index contributed by atoms with van der Waals surface area (Å²) in [6.07, 6.45) is 1.32. The molecular formula is C13H11ClFN3O. The Morgan fingerprint density at radius 1 is 1.37 bits per heavy atom. The van der Waals surface area contributed by atoms with Crippen molar-refractivity contribution in [1.82, 2.24) is 4.98 Å². The highest BCUT2D eigenvalue weighted by Gasteiger charge is 2.09. The smallest absolute Gasteiger partial charge is 0.252 e. The number of halogens is 2. The van der Waals surface area contributed by atoms with Crippen LogP contribution in [0.4, 0.5) is 10.1 Å².